The molecule has 0 aliphatic carbocycles. The Morgan fingerprint density at radius 1 is 1.46 bits per heavy atom. The van der Waals surface area contributed by atoms with Crippen molar-refractivity contribution in [2.45, 2.75) is 20.3 Å². The number of nitrogens with zero attached hydrogens (tertiary/aromatic N) is 2. The highest BCUT2D eigenvalue weighted by molar-refractivity contribution is 5.70. The van der Waals surface area contributed by atoms with Crippen molar-refractivity contribution in [1.29, 1.82) is 0 Å². The van der Waals surface area contributed by atoms with Crippen LogP contribution in [0.25, 0.3) is 0 Å². The van der Waals surface area contributed by atoms with Gasteiger partial charge in [0, 0.05) is 5.69 Å². The number of hydrogen-bond acceptors (Lipinski definition) is 4. The molecule has 0 spiro atoms. The van der Waals surface area contributed by atoms with Crippen molar-refractivity contribution in [3.05, 3.63) is 17.0 Å². The molecule has 1 aromatic rings. The molecule has 70 valence electrons. The molecule has 0 bridgehead atoms. The van der Waals surface area contributed by atoms with E-state index in [0.717, 1.165) is 11.3 Å². The van der Waals surface area contributed by atoms with Crippen LogP contribution in [0.2, 0.25) is 0 Å². The molecular formula is C8H11N3O2. The Balaban J connectivity index is 3.12. The third kappa shape index (κ3) is 2.14. The third-order valence-electron chi connectivity index (χ3n) is 1.83. The average molecular weight is 181 g/mol. The topological polar surface area (TPSA) is 89.1 Å². The van der Waals surface area contributed by atoms with E-state index in [0.29, 0.717) is 5.69 Å². The molecule has 13 heavy (non-hydrogen) atoms. The summed E-state index contributed by atoms with van der Waals surface area (Å²) in [7, 11) is 0. The van der Waals surface area contributed by atoms with Gasteiger partial charge in [0.05, 0.1) is 12.1 Å². The van der Waals surface area contributed by atoms with Gasteiger partial charge in [-0.1, -0.05) is 0 Å². The molecule has 0 fully saturated rings. The number of anilines is 1. The third-order valence-corrected chi connectivity index (χ3v) is 1.83. The van der Waals surface area contributed by atoms with Crippen LogP contribution in [-0.4, -0.2) is 21.0 Å². The van der Waals surface area contributed by atoms with Crippen LogP contribution in [-0.2, 0) is 11.2 Å². The molecule has 5 nitrogen and oxygen atoms in total. The fourth-order valence-corrected chi connectivity index (χ4v) is 1.03. The Morgan fingerprint density at radius 3 is 2.62 bits per heavy atom. The van der Waals surface area contributed by atoms with Crippen molar-refractivity contribution in [1.82, 2.24) is 9.97 Å². The quantitative estimate of drug-likeness (QED) is 0.685. The average Bonchev–Trinajstić information content (AvgIpc) is 1.98. The molecular weight excluding hydrogens is 170 g/mol. The number of carboxylic acid groups (broad SMARTS) is 1. The first-order valence-corrected chi connectivity index (χ1v) is 3.82. The van der Waals surface area contributed by atoms with E-state index in [-0.39, 0.29) is 12.4 Å². The maximum Gasteiger partial charge on any atom is 0.309 e. The Hall–Kier alpha value is -1.65. The van der Waals surface area contributed by atoms with Crippen LogP contribution in [0, 0.1) is 13.8 Å². The maximum absolute atomic E-state index is 10.4. The minimum Gasteiger partial charge on any atom is -0.481 e. The molecule has 0 saturated heterocycles. The molecule has 0 saturated carbocycles. The summed E-state index contributed by atoms with van der Waals surface area (Å²) >= 11 is 0. The summed E-state index contributed by atoms with van der Waals surface area (Å²) in [6.07, 6.45) is -0.112. The molecule has 0 aliphatic rings. The lowest BCUT2D eigenvalue weighted by Gasteiger charge is -2.05. The number of aryl methyl sites for hydroxylation is 1. The molecule has 1 aromatic heterocycles. The highest BCUT2D eigenvalue weighted by Crippen LogP contribution is 2.10. The second-order valence-electron chi connectivity index (χ2n) is 2.81. The number of hydrogen-bond donors (Lipinski definition) is 2. The molecule has 1 rings (SSSR count). The van der Waals surface area contributed by atoms with Crippen molar-refractivity contribution < 1.29 is 9.90 Å². The maximum atomic E-state index is 10.4. The van der Waals surface area contributed by atoms with E-state index < -0.39 is 5.97 Å². The number of carboxylic acids is 1. The fourth-order valence-electron chi connectivity index (χ4n) is 1.03. The van der Waals surface area contributed by atoms with E-state index >= 15 is 0 Å². The van der Waals surface area contributed by atoms with Gasteiger partial charge >= 0.3 is 5.97 Å². The largest absolute Gasteiger partial charge is 0.481 e. The first kappa shape index (κ1) is 9.44. The Labute approximate surface area is 75.6 Å². The molecule has 5 heteroatoms. The lowest BCUT2D eigenvalue weighted by molar-refractivity contribution is -0.136. The minimum atomic E-state index is -0.916. The predicted molar refractivity (Wildman–Crippen MR) is 47.3 cm³/mol. The van der Waals surface area contributed by atoms with Crippen LogP contribution in [0.15, 0.2) is 0 Å². The molecule has 0 aromatic carbocycles. The highest BCUT2D eigenvalue weighted by atomic mass is 16.4. The molecule has 3 N–H and O–H groups in total. The van der Waals surface area contributed by atoms with E-state index in [1.165, 1.54) is 0 Å². The molecule has 1 heterocycles. The van der Waals surface area contributed by atoms with Gasteiger partial charge in [-0.3, -0.25) is 4.79 Å². The lowest BCUT2D eigenvalue weighted by Crippen LogP contribution is -2.09. The van der Waals surface area contributed by atoms with Crippen molar-refractivity contribution in [3.63, 3.8) is 0 Å². The van der Waals surface area contributed by atoms with Crippen molar-refractivity contribution in [2.75, 3.05) is 5.73 Å². The molecule has 0 atom stereocenters. The molecule has 0 aliphatic heterocycles. The first-order valence-electron chi connectivity index (χ1n) is 3.82. The summed E-state index contributed by atoms with van der Waals surface area (Å²) in [6, 6.07) is 0. The van der Waals surface area contributed by atoms with Gasteiger partial charge in [0.25, 0.3) is 0 Å². The molecule has 0 amide bonds. The van der Waals surface area contributed by atoms with Gasteiger partial charge in [-0.25, -0.2) is 9.97 Å². The van der Waals surface area contributed by atoms with Gasteiger partial charge < -0.3 is 10.8 Å². The van der Waals surface area contributed by atoms with Crippen LogP contribution in [0.5, 0.6) is 0 Å². The summed E-state index contributed by atoms with van der Waals surface area (Å²) in [4.78, 5) is 18.2. The Bertz CT molecular complexity index is 349. The fraction of sp³-hybridized carbons (Fsp3) is 0.375. The number of nitrogens with two attached hydrogens (primary N) is 1. The smallest absolute Gasteiger partial charge is 0.309 e. The van der Waals surface area contributed by atoms with E-state index in [1.54, 1.807) is 13.8 Å². The summed E-state index contributed by atoms with van der Waals surface area (Å²) in [6.45, 7) is 3.56. The number of aromatic nitrogens is 2. The summed E-state index contributed by atoms with van der Waals surface area (Å²) in [5.41, 5.74) is 7.39. The SMILES string of the molecule is Cc1nc(N)nc(CC(=O)O)c1C. The van der Waals surface area contributed by atoms with Gasteiger partial charge in [0.2, 0.25) is 5.95 Å². The van der Waals surface area contributed by atoms with Crippen LogP contribution in [0.1, 0.15) is 17.0 Å². The summed E-state index contributed by atoms with van der Waals surface area (Å²) in [5.74, 6) is -0.792. The van der Waals surface area contributed by atoms with Crippen molar-refractivity contribution in [3.8, 4) is 0 Å². The monoisotopic (exact) mass is 181 g/mol. The lowest BCUT2D eigenvalue weighted by atomic mass is 10.1. The van der Waals surface area contributed by atoms with E-state index in [9.17, 15) is 4.79 Å². The van der Waals surface area contributed by atoms with E-state index in [2.05, 4.69) is 9.97 Å². The van der Waals surface area contributed by atoms with E-state index in [1.807, 2.05) is 0 Å². The number of aliphatic carboxylic acids is 1. The second kappa shape index (κ2) is 3.38. The minimum absolute atomic E-state index is 0.112. The van der Waals surface area contributed by atoms with Crippen molar-refractivity contribution >= 4 is 11.9 Å². The zero-order chi connectivity index (χ0) is 10.0. The predicted octanol–water partition coefficient (Wildman–Crippen LogP) is 0.303. The Morgan fingerprint density at radius 2 is 2.08 bits per heavy atom. The van der Waals surface area contributed by atoms with Crippen LogP contribution < -0.4 is 5.73 Å². The Kier molecular flexibility index (Phi) is 2.46. The van der Waals surface area contributed by atoms with E-state index in [4.69, 9.17) is 10.8 Å². The van der Waals surface area contributed by atoms with Crippen molar-refractivity contribution in [2.24, 2.45) is 0 Å². The van der Waals surface area contributed by atoms with Gasteiger partial charge in [-0.05, 0) is 19.4 Å². The van der Waals surface area contributed by atoms with Gasteiger partial charge in [0.15, 0.2) is 0 Å². The van der Waals surface area contributed by atoms with Gasteiger partial charge in [-0.2, -0.15) is 0 Å². The zero-order valence-electron chi connectivity index (χ0n) is 7.53. The van der Waals surface area contributed by atoms with Crippen LogP contribution in [0.3, 0.4) is 0 Å². The number of carbonyl (C=O) groups is 1. The number of nitrogen functional groups attached to an aromatic ring is 1. The van der Waals surface area contributed by atoms with Gasteiger partial charge in [-0.15, -0.1) is 0 Å². The standard InChI is InChI=1S/C8H11N3O2/c1-4-5(2)10-8(9)11-6(4)3-7(12)13/h3H2,1-2H3,(H,12,13)(H2,9,10,11). The number of rotatable bonds is 2. The second-order valence-corrected chi connectivity index (χ2v) is 2.81. The van der Waals surface area contributed by atoms with Crippen LogP contribution in [0.4, 0.5) is 5.95 Å². The van der Waals surface area contributed by atoms with Gasteiger partial charge in [0.1, 0.15) is 0 Å². The summed E-state index contributed by atoms with van der Waals surface area (Å²) in [5, 5.41) is 8.57. The normalized spacial score (nSPS) is 10.0. The first-order chi connectivity index (χ1) is 6.00. The highest BCUT2D eigenvalue weighted by Gasteiger charge is 2.09. The zero-order valence-corrected chi connectivity index (χ0v) is 7.53. The summed E-state index contributed by atoms with van der Waals surface area (Å²) < 4.78 is 0. The van der Waals surface area contributed by atoms with Crippen LogP contribution >= 0.6 is 0 Å². The molecule has 0 unspecified atom stereocenters. The molecule has 0 radical (unpaired) electrons.